The summed E-state index contributed by atoms with van der Waals surface area (Å²) in [7, 11) is 0. The average Bonchev–Trinajstić information content (AvgIpc) is 2.58. The molecule has 1 aromatic carbocycles. The third-order valence-electron chi connectivity index (χ3n) is 2.94. The Balaban J connectivity index is 2.12. The number of rotatable bonds is 2. The summed E-state index contributed by atoms with van der Waals surface area (Å²) in [5.41, 5.74) is 2.11. The zero-order valence-corrected chi connectivity index (χ0v) is 9.59. The van der Waals surface area contributed by atoms with E-state index >= 15 is 0 Å². The Morgan fingerprint density at radius 2 is 2.20 bits per heavy atom. The van der Waals surface area contributed by atoms with Crippen LogP contribution >= 0.6 is 11.6 Å². The minimum atomic E-state index is -0.235. The number of aliphatic hydroxyl groups excluding tert-OH is 1. The summed E-state index contributed by atoms with van der Waals surface area (Å²) < 4.78 is 0. The van der Waals surface area contributed by atoms with Crippen molar-refractivity contribution < 1.29 is 5.11 Å². The van der Waals surface area contributed by atoms with Crippen LogP contribution in [-0.2, 0) is 0 Å². The van der Waals surface area contributed by atoms with Gasteiger partial charge in [-0.3, -0.25) is 0 Å². The molecular weight excluding hydrogens is 210 g/mol. The second-order valence-electron chi connectivity index (χ2n) is 4.23. The number of anilines is 1. The van der Waals surface area contributed by atoms with Crippen LogP contribution < -0.4 is 5.32 Å². The Bertz CT molecular complexity index is 353. The summed E-state index contributed by atoms with van der Waals surface area (Å²) in [5.74, 6) is 0. The van der Waals surface area contributed by atoms with E-state index < -0.39 is 0 Å². The van der Waals surface area contributed by atoms with Gasteiger partial charge < -0.3 is 10.4 Å². The third kappa shape index (κ3) is 2.44. The fourth-order valence-corrected chi connectivity index (χ4v) is 2.23. The monoisotopic (exact) mass is 225 g/mol. The summed E-state index contributed by atoms with van der Waals surface area (Å²) in [4.78, 5) is 0. The van der Waals surface area contributed by atoms with Gasteiger partial charge in [0, 0.05) is 0 Å². The predicted molar refractivity (Wildman–Crippen MR) is 63.5 cm³/mol. The van der Waals surface area contributed by atoms with Crippen molar-refractivity contribution in [1.82, 2.24) is 0 Å². The predicted octanol–water partition coefficient (Wildman–Crippen LogP) is 2.97. The molecule has 0 bridgehead atoms. The van der Waals surface area contributed by atoms with Crippen LogP contribution in [0.5, 0.6) is 0 Å². The molecule has 2 unspecified atom stereocenters. The molecule has 2 atom stereocenters. The molecule has 0 saturated heterocycles. The lowest BCUT2D eigenvalue weighted by molar-refractivity contribution is 0.172. The SMILES string of the molecule is Cc1ccc(Cl)c(NC2CCCC2O)c1. The lowest BCUT2D eigenvalue weighted by Gasteiger charge is -2.19. The van der Waals surface area contributed by atoms with E-state index in [1.165, 1.54) is 5.56 Å². The molecule has 1 aliphatic carbocycles. The van der Waals surface area contributed by atoms with Crippen molar-refractivity contribution in [3.05, 3.63) is 28.8 Å². The van der Waals surface area contributed by atoms with E-state index in [1.807, 2.05) is 25.1 Å². The molecule has 1 aliphatic rings. The van der Waals surface area contributed by atoms with Crippen LogP contribution in [0.1, 0.15) is 24.8 Å². The second kappa shape index (κ2) is 4.42. The number of benzene rings is 1. The Kier molecular flexibility index (Phi) is 3.17. The standard InChI is InChI=1S/C12H16ClNO/c1-8-5-6-9(13)11(7-8)14-10-3-2-4-12(10)15/h5-7,10,12,14-15H,2-4H2,1H3. The van der Waals surface area contributed by atoms with Crippen LogP contribution in [0.4, 0.5) is 5.69 Å². The highest BCUT2D eigenvalue weighted by Gasteiger charge is 2.25. The van der Waals surface area contributed by atoms with Crippen molar-refractivity contribution >= 4 is 17.3 Å². The number of aryl methyl sites for hydroxylation is 1. The van der Waals surface area contributed by atoms with E-state index in [2.05, 4.69) is 5.32 Å². The van der Waals surface area contributed by atoms with E-state index in [0.29, 0.717) is 0 Å². The molecule has 0 aromatic heterocycles. The maximum atomic E-state index is 9.70. The second-order valence-corrected chi connectivity index (χ2v) is 4.64. The van der Waals surface area contributed by atoms with Gasteiger partial charge in [0.25, 0.3) is 0 Å². The molecule has 2 N–H and O–H groups in total. The van der Waals surface area contributed by atoms with Crippen LogP contribution in [0.15, 0.2) is 18.2 Å². The van der Waals surface area contributed by atoms with Crippen LogP contribution in [0, 0.1) is 6.92 Å². The molecule has 0 radical (unpaired) electrons. The average molecular weight is 226 g/mol. The van der Waals surface area contributed by atoms with Crippen molar-refractivity contribution in [2.24, 2.45) is 0 Å². The number of nitrogens with one attached hydrogen (secondary N) is 1. The lowest BCUT2D eigenvalue weighted by atomic mass is 10.1. The first kappa shape index (κ1) is 10.8. The Morgan fingerprint density at radius 1 is 1.40 bits per heavy atom. The van der Waals surface area contributed by atoms with Crippen LogP contribution in [0.25, 0.3) is 0 Å². The van der Waals surface area contributed by atoms with Gasteiger partial charge in [0.1, 0.15) is 0 Å². The van der Waals surface area contributed by atoms with Crippen LogP contribution in [0.3, 0.4) is 0 Å². The molecule has 0 spiro atoms. The van der Waals surface area contributed by atoms with Gasteiger partial charge in [-0.1, -0.05) is 17.7 Å². The van der Waals surface area contributed by atoms with Gasteiger partial charge in [-0.2, -0.15) is 0 Å². The number of hydrogen-bond acceptors (Lipinski definition) is 2. The topological polar surface area (TPSA) is 32.3 Å². The smallest absolute Gasteiger partial charge is 0.0741 e. The zero-order chi connectivity index (χ0) is 10.8. The first-order valence-corrected chi connectivity index (χ1v) is 5.75. The minimum absolute atomic E-state index is 0.157. The Hall–Kier alpha value is -0.730. The van der Waals surface area contributed by atoms with E-state index in [4.69, 9.17) is 11.6 Å². The van der Waals surface area contributed by atoms with Crippen molar-refractivity contribution in [3.8, 4) is 0 Å². The van der Waals surface area contributed by atoms with Gasteiger partial charge in [-0.25, -0.2) is 0 Å². The van der Waals surface area contributed by atoms with Crippen molar-refractivity contribution in [2.75, 3.05) is 5.32 Å². The molecule has 2 nitrogen and oxygen atoms in total. The Morgan fingerprint density at radius 3 is 2.87 bits per heavy atom. The highest BCUT2D eigenvalue weighted by molar-refractivity contribution is 6.33. The molecule has 2 rings (SSSR count). The summed E-state index contributed by atoms with van der Waals surface area (Å²) in [6.45, 7) is 2.03. The lowest BCUT2D eigenvalue weighted by Crippen LogP contribution is -2.28. The van der Waals surface area contributed by atoms with E-state index in [1.54, 1.807) is 0 Å². The van der Waals surface area contributed by atoms with Gasteiger partial charge in [0.05, 0.1) is 22.9 Å². The molecule has 0 amide bonds. The normalized spacial score (nSPS) is 25.5. The number of aliphatic hydroxyl groups is 1. The first-order chi connectivity index (χ1) is 7.16. The van der Waals surface area contributed by atoms with E-state index in [-0.39, 0.29) is 12.1 Å². The summed E-state index contributed by atoms with van der Waals surface area (Å²) >= 11 is 6.08. The largest absolute Gasteiger partial charge is 0.391 e. The summed E-state index contributed by atoms with van der Waals surface area (Å²) in [6.07, 6.45) is 2.76. The van der Waals surface area contributed by atoms with E-state index in [9.17, 15) is 5.11 Å². The third-order valence-corrected chi connectivity index (χ3v) is 3.27. The Labute approximate surface area is 95.3 Å². The first-order valence-electron chi connectivity index (χ1n) is 5.37. The summed E-state index contributed by atoms with van der Waals surface area (Å²) in [6, 6.07) is 6.05. The maximum absolute atomic E-state index is 9.70. The maximum Gasteiger partial charge on any atom is 0.0741 e. The summed E-state index contributed by atoms with van der Waals surface area (Å²) in [5, 5.41) is 13.7. The van der Waals surface area contributed by atoms with Gasteiger partial charge in [-0.15, -0.1) is 0 Å². The molecular formula is C12H16ClNO. The van der Waals surface area contributed by atoms with Gasteiger partial charge in [0.15, 0.2) is 0 Å². The molecule has 3 heteroatoms. The molecule has 1 aromatic rings. The van der Waals surface area contributed by atoms with Crippen molar-refractivity contribution in [1.29, 1.82) is 0 Å². The van der Waals surface area contributed by atoms with Crippen molar-refractivity contribution in [3.63, 3.8) is 0 Å². The molecule has 1 saturated carbocycles. The number of hydrogen-bond donors (Lipinski definition) is 2. The minimum Gasteiger partial charge on any atom is -0.391 e. The van der Waals surface area contributed by atoms with Gasteiger partial charge >= 0.3 is 0 Å². The van der Waals surface area contributed by atoms with Gasteiger partial charge in [0.2, 0.25) is 0 Å². The molecule has 0 aliphatic heterocycles. The van der Waals surface area contributed by atoms with Gasteiger partial charge in [-0.05, 0) is 43.9 Å². The molecule has 15 heavy (non-hydrogen) atoms. The quantitative estimate of drug-likeness (QED) is 0.811. The molecule has 0 heterocycles. The fraction of sp³-hybridized carbons (Fsp3) is 0.500. The highest BCUT2D eigenvalue weighted by Crippen LogP contribution is 2.28. The number of halogens is 1. The molecule has 82 valence electrons. The van der Waals surface area contributed by atoms with E-state index in [0.717, 1.165) is 30.0 Å². The van der Waals surface area contributed by atoms with Crippen LogP contribution in [-0.4, -0.2) is 17.3 Å². The van der Waals surface area contributed by atoms with Crippen LogP contribution in [0.2, 0.25) is 5.02 Å². The zero-order valence-electron chi connectivity index (χ0n) is 8.83. The highest BCUT2D eigenvalue weighted by atomic mass is 35.5. The van der Waals surface area contributed by atoms with Crippen molar-refractivity contribution in [2.45, 2.75) is 38.3 Å². The molecule has 1 fully saturated rings. The fourth-order valence-electron chi connectivity index (χ4n) is 2.06.